The Kier molecular flexibility index (Phi) is 6.69. The summed E-state index contributed by atoms with van der Waals surface area (Å²) in [5.41, 5.74) is 3.78. The molecule has 0 aliphatic rings. The first-order valence-electron chi connectivity index (χ1n) is 11.9. The lowest BCUT2D eigenvalue weighted by molar-refractivity contribution is 0.268. The van der Waals surface area contributed by atoms with Crippen molar-refractivity contribution in [3.8, 4) is 11.5 Å². The normalized spacial score (nSPS) is 11.3. The maximum Gasteiger partial charge on any atom is 0.196 e. The van der Waals surface area contributed by atoms with Gasteiger partial charge in [-0.3, -0.25) is 9.78 Å². The molecule has 0 aliphatic carbocycles. The molecule has 1 N–H and O–H groups in total. The molecule has 0 saturated carbocycles. The number of nitrogens with zero attached hydrogens (tertiary/aromatic N) is 1. The summed E-state index contributed by atoms with van der Waals surface area (Å²) < 4.78 is 18.3. The Bertz CT molecular complexity index is 1590. The van der Waals surface area contributed by atoms with E-state index in [1.165, 1.54) is 6.07 Å². The van der Waals surface area contributed by atoms with Gasteiger partial charge in [-0.25, -0.2) is 0 Å². The third-order valence-electron chi connectivity index (χ3n) is 6.10. The average Bonchev–Trinajstić information content (AvgIpc) is 2.90. The summed E-state index contributed by atoms with van der Waals surface area (Å²) in [6, 6.07) is 22.4. The van der Waals surface area contributed by atoms with Crippen molar-refractivity contribution in [2.75, 3.05) is 0 Å². The lowest BCUT2D eigenvalue weighted by Gasteiger charge is -2.15. The highest BCUT2D eigenvalue weighted by Gasteiger charge is 2.16. The van der Waals surface area contributed by atoms with Crippen LogP contribution in [0.5, 0.6) is 11.5 Å². The topological polar surface area (TPSA) is 81.8 Å². The number of ether oxygens (including phenoxy) is 2. The minimum atomic E-state index is -0.168. The van der Waals surface area contributed by atoms with Gasteiger partial charge in [0.15, 0.2) is 5.43 Å². The highest BCUT2D eigenvalue weighted by atomic mass is 16.5. The molecule has 0 fully saturated rings. The largest absolute Gasteiger partial charge is 0.489 e. The third kappa shape index (κ3) is 4.95. The minimum absolute atomic E-state index is 0.0543. The van der Waals surface area contributed by atoms with Crippen LogP contribution < -0.4 is 14.9 Å². The van der Waals surface area contributed by atoms with Gasteiger partial charge >= 0.3 is 0 Å². The summed E-state index contributed by atoms with van der Waals surface area (Å²) in [4.78, 5) is 17.4. The van der Waals surface area contributed by atoms with Crippen LogP contribution in [0.1, 0.15) is 42.2 Å². The summed E-state index contributed by atoms with van der Waals surface area (Å²) in [5.74, 6) is 1.56. The number of aliphatic hydroxyl groups is 1. The predicted molar refractivity (Wildman–Crippen MR) is 139 cm³/mol. The minimum Gasteiger partial charge on any atom is -0.489 e. The number of hydrogen-bond donors (Lipinski definition) is 1. The van der Waals surface area contributed by atoms with Crippen LogP contribution in [0.3, 0.4) is 0 Å². The maximum absolute atomic E-state index is 13.0. The standard InChI is InChI=1S/C30H27NO5/c1-19(2)27-15-26(33)30-28(35-18-23-7-4-3-6-22(23)16-32)13-24(14-29(30)36-27)34-17-20-9-10-25-21(12-20)8-5-11-31-25/h3-15,19,32H,16-18H2,1-2H3. The molecule has 0 atom stereocenters. The quantitative estimate of drug-likeness (QED) is 0.288. The lowest BCUT2D eigenvalue weighted by Crippen LogP contribution is -2.08. The second-order valence-corrected chi connectivity index (χ2v) is 9.00. The summed E-state index contributed by atoms with van der Waals surface area (Å²) >= 11 is 0. The molecular formula is C30H27NO5. The zero-order valence-corrected chi connectivity index (χ0v) is 20.2. The van der Waals surface area contributed by atoms with E-state index in [0.29, 0.717) is 34.8 Å². The van der Waals surface area contributed by atoms with Crippen LogP contribution in [0.4, 0.5) is 0 Å². The number of aromatic nitrogens is 1. The summed E-state index contributed by atoms with van der Waals surface area (Å²) in [6.07, 6.45) is 1.77. The number of aliphatic hydroxyl groups excluding tert-OH is 1. The van der Waals surface area contributed by atoms with Crippen molar-refractivity contribution in [2.45, 2.75) is 39.6 Å². The van der Waals surface area contributed by atoms with E-state index in [2.05, 4.69) is 4.98 Å². The molecule has 0 radical (unpaired) electrons. The first-order chi connectivity index (χ1) is 17.5. The van der Waals surface area contributed by atoms with Gasteiger partial charge in [0.1, 0.15) is 41.4 Å². The highest BCUT2D eigenvalue weighted by molar-refractivity contribution is 5.85. The van der Waals surface area contributed by atoms with Crippen molar-refractivity contribution in [1.82, 2.24) is 4.98 Å². The van der Waals surface area contributed by atoms with E-state index in [1.807, 2.05) is 68.4 Å². The van der Waals surface area contributed by atoms with E-state index in [1.54, 1.807) is 18.3 Å². The van der Waals surface area contributed by atoms with Crippen molar-refractivity contribution >= 4 is 21.9 Å². The molecule has 2 heterocycles. The van der Waals surface area contributed by atoms with Crippen molar-refractivity contribution in [2.24, 2.45) is 0 Å². The zero-order chi connectivity index (χ0) is 25.1. The molecule has 5 aromatic rings. The molecule has 0 unspecified atom stereocenters. The van der Waals surface area contributed by atoms with Crippen LogP contribution in [0.25, 0.3) is 21.9 Å². The van der Waals surface area contributed by atoms with Gasteiger partial charge in [0, 0.05) is 35.7 Å². The molecule has 6 nitrogen and oxygen atoms in total. The molecule has 0 saturated heterocycles. The van der Waals surface area contributed by atoms with Crippen molar-refractivity contribution in [1.29, 1.82) is 0 Å². The van der Waals surface area contributed by atoms with Gasteiger partial charge in [-0.2, -0.15) is 0 Å². The van der Waals surface area contributed by atoms with Gasteiger partial charge in [-0.1, -0.05) is 50.2 Å². The monoisotopic (exact) mass is 481 g/mol. The SMILES string of the molecule is CC(C)c1cc(=O)c2c(OCc3ccccc3CO)cc(OCc3ccc4ncccc4c3)cc2o1. The van der Waals surface area contributed by atoms with Crippen molar-refractivity contribution < 1.29 is 19.0 Å². The lowest BCUT2D eigenvalue weighted by atomic mass is 10.1. The second kappa shape index (κ2) is 10.2. The molecule has 0 aliphatic heterocycles. The molecule has 5 rings (SSSR count). The first-order valence-corrected chi connectivity index (χ1v) is 11.9. The Morgan fingerprint density at radius 1 is 0.917 bits per heavy atom. The first kappa shape index (κ1) is 23.6. The van der Waals surface area contributed by atoms with Gasteiger partial charge in [0.2, 0.25) is 0 Å². The number of pyridine rings is 1. The number of rotatable bonds is 8. The summed E-state index contributed by atoms with van der Waals surface area (Å²) in [7, 11) is 0. The van der Waals surface area contributed by atoms with Gasteiger partial charge < -0.3 is 19.0 Å². The van der Waals surface area contributed by atoms with Gasteiger partial charge in [0.25, 0.3) is 0 Å². The zero-order valence-electron chi connectivity index (χ0n) is 20.2. The highest BCUT2D eigenvalue weighted by Crippen LogP contribution is 2.32. The van der Waals surface area contributed by atoms with Crippen LogP contribution >= 0.6 is 0 Å². The fourth-order valence-electron chi connectivity index (χ4n) is 4.12. The van der Waals surface area contributed by atoms with E-state index >= 15 is 0 Å². The fraction of sp³-hybridized carbons (Fsp3) is 0.200. The molecule has 0 spiro atoms. The van der Waals surface area contributed by atoms with Crippen molar-refractivity contribution in [3.63, 3.8) is 0 Å². The van der Waals surface area contributed by atoms with Crippen LogP contribution in [0, 0.1) is 0 Å². The van der Waals surface area contributed by atoms with E-state index in [4.69, 9.17) is 13.9 Å². The van der Waals surface area contributed by atoms with E-state index in [9.17, 15) is 9.90 Å². The Morgan fingerprint density at radius 2 is 1.75 bits per heavy atom. The second-order valence-electron chi connectivity index (χ2n) is 9.00. The third-order valence-corrected chi connectivity index (χ3v) is 6.10. The molecule has 0 amide bonds. The Labute approximate surface area is 208 Å². The molecular weight excluding hydrogens is 454 g/mol. The van der Waals surface area contributed by atoms with Crippen LogP contribution in [-0.2, 0) is 19.8 Å². The molecule has 6 heteroatoms. The maximum atomic E-state index is 13.0. The average molecular weight is 482 g/mol. The molecule has 3 aromatic carbocycles. The molecule has 2 aromatic heterocycles. The van der Waals surface area contributed by atoms with E-state index < -0.39 is 0 Å². The van der Waals surface area contributed by atoms with Crippen LogP contribution in [0.2, 0.25) is 0 Å². The van der Waals surface area contributed by atoms with E-state index in [-0.39, 0.29) is 24.6 Å². The Morgan fingerprint density at radius 3 is 2.56 bits per heavy atom. The fourth-order valence-corrected chi connectivity index (χ4v) is 4.12. The molecule has 0 bridgehead atoms. The van der Waals surface area contributed by atoms with Crippen molar-refractivity contribution in [3.05, 3.63) is 112 Å². The van der Waals surface area contributed by atoms with Gasteiger partial charge in [0.05, 0.1) is 12.1 Å². The van der Waals surface area contributed by atoms with Gasteiger partial charge in [-0.15, -0.1) is 0 Å². The smallest absolute Gasteiger partial charge is 0.196 e. The Balaban J connectivity index is 1.49. The number of benzene rings is 3. The molecule has 36 heavy (non-hydrogen) atoms. The summed E-state index contributed by atoms with van der Waals surface area (Å²) in [6.45, 7) is 4.38. The van der Waals surface area contributed by atoms with Gasteiger partial charge in [-0.05, 0) is 34.9 Å². The number of hydrogen-bond acceptors (Lipinski definition) is 6. The predicted octanol–water partition coefficient (Wildman–Crippen LogP) is 6.11. The van der Waals surface area contributed by atoms with E-state index in [0.717, 1.165) is 27.6 Å². The Hall–Kier alpha value is -4.16. The summed E-state index contributed by atoms with van der Waals surface area (Å²) in [5, 5.41) is 11.1. The molecule has 182 valence electrons. The number of fused-ring (bicyclic) bond motifs is 2. The van der Waals surface area contributed by atoms with Crippen LogP contribution in [-0.4, -0.2) is 10.1 Å². The van der Waals surface area contributed by atoms with Crippen LogP contribution in [0.15, 0.2) is 88.2 Å².